The summed E-state index contributed by atoms with van der Waals surface area (Å²) in [5.41, 5.74) is 8.51. The lowest BCUT2D eigenvalue weighted by molar-refractivity contribution is 0.395. The Hall–Kier alpha value is -3.48. The van der Waals surface area contributed by atoms with Crippen molar-refractivity contribution in [2.75, 3.05) is 20.0 Å². The summed E-state index contributed by atoms with van der Waals surface area (Å²) in [4.78, 5) is 4.67. The molecule has 0 saturated carbocycles. The molecule has 4 aromatic rings. The molecule has 0 saturated heterocycles. The zero-order valence-electron chi connectivity index (χ0n) is 16.5. The highest BCUT2D eigenvalue weighted by molar-refractivity contribution is 6.12. The van der Waals surface area contributed by atoms with E-state index in [4.69, 9.17) is 15.2 Å². The van der Waals surface area contributed by atoms with Crippen LogP contribution < -0.4 is 15.2 Å². The Morgan fingerprint density at radius 1 is 1.17 bits per heavy atom. The number of nitrogens with zero attached hydrogens (tertiary/aromatic N) is 2. The van der Waals surface area contributed by atoms with Gasteiger partial charge < -0.3 is 24.9 Å². The van der Waals surface area contributed by atoms with Crippen LogP contribution in [-0.4, -0.2) is 28.9 Å². The molecule has 0 amide bonds. The third-order valence-corrected chi connectivity index (χ3v) is 5.09. The van der Waals surface area contributed by atoms with Gasteiger partial charge in [-0.1, -0.05) is 6.92 Å². The summed E-state index contributed by atoms with van der Waals surface area (Å²) in [6, 6.07) is 8.10. The molecule has 0 aliphatic rings. The first-order valence-corrected chi connectivity index (χ1v) is 9.32. The van der Waals surface area contributed by atoms with Crippen LogP contribution in [0.15, 0.2) is 36.5 Å². The van der Waals surface area contributed by atoms with E-state index in [9.17, 15) is 5.11 Å². The molecule has 29 heavy (non-hydrogen) atoms. The molecule has 0 aliphatic carbocycles. The number of nitrogens with two attached hydrogens (primary N) is 1. The number of aromatic hydroxyl groups is 1. The smallest absolute Gasteiger partial charge is 0.202 e. The van der Waals surface area contributed by atoms with Crippen LogP contribution in [0.3, 0.4) is 0 Å². The van der Waals surface area contributed by atoms with Gasteiger partial charge >= 0.3 is 0 Å². The normalized spacial score (nSPS) is 11.3. The topological polar surface area (TPSA) is 82.5 Å². The number of hydrogen-bond acceptors (Lipinski definition) is 5. The first-order chi connectivity index (χ1) is 14.0. The minimum absolute atomic E-state index is 0.0710. The maximum atomic E-state index is 15.0. The van der Waals surface area contributed by atoms with Crippen LogP contribution in [0.5, 0.6) is 17.4 Å². The Morgan fingerprint density at radius 2 is 1.97 bits per heavy atom. The molecule has 150 valence electrons. The van der Waals surface area contributed by atoms with E-state index in [1.807, 2.05) is 6.92 Å². The monoisotopic (exact) mass is 395 g/mol. The molecule has 0 spiro atoms. The van der Waals surface area contributed by atoms with E-state index in [2.05, 4.69) is 4.98 Å². The lowest BCUT2D eigenvalue weighted by Gasteiger charge is -2.14. The molecule has 0 unspecified atom stereocenters. The summed E-state index contributed by atoms with van der Waals surface area (Å²) in [5, 5.41) is 11.6. The third-order valence-electron chi connectivity index (χ3n) is 5.09. The number of halogens is 1. The fraction of sp³-hybridized carbons (Fsp3) is 0.227. The van der Waals surface area contributed by atoms with Crippen LogP contribution in [0.2, 0.25) is 0 Å². The van der Waals surface area contributed by atoms with Gasteiger partial charge in [-0.05, 0) is 30.7 Å². The fourth-order valence-corrected chi connectivity index (χ4v) is 3.70. The molecule has 0 aliphatic heterocycles. The molecule has 0 fully saturated rings. The summed E-state index contributed by atoms with van der Waals surface area (Å²) in [5.74, 6) is 0.691. The number of anilines is 1. The van der Waals surface area contributed by atoms with E-state index in [-0.39, 0.29) is 5.88 Å². The summed E-state index contributed by atoms with van der Waals surface area (Å²) in [7, 11) is 3.07. The van der Waals surface area contributed by atoms with E-state index in [0.717, 1.165) is 6.42 Å². The van der Waals surface area contributed by atoms with Crippen molar-refractivity contribution in [3.05, 3.63) is 42.3 Å². The van der Waals surface area contributed by atoms with Gasteiger partial charge in [-0.25, -0.2) is 9.37 Å². The second kappa shape index (κ2) is 7.16. The number of fused-ring (bicyclic) bond motifs is 2. The van der Waals surface area contributed by atoms with Gasteiger partial charge in [0.25, 0.3) is 0 Å². The molecule has 0 atom stereocenters. The largest absolute Gasteiger partial charge is 0.497 e. The molecule has 0 radical (unpaired) electrons. The first kappa shape index (κ1) is 18.9. The zero-order valence-corrected chi connectivity index (χ0v) is 16.5. The Morgan fingerprint density at radius 3 is 2.66 bits per heavy atom. The number of aryl methyl sites for hydroxylation is 1. The predicted molar refractivity (Wildman–Crippen MR) is 112 cm³/mol. The van der Waals surface area contributed by atoms with Gasteiger partial charge in [0.1, 0.15) is 17.3 Å². The molecule has 6 nitrogen and oxygen atoms in total. The van der Waals surface area contributed by atoms with Gasteiger partial charge in [0.2, 0.25) is 5.88 Å². The summed E-state index contributed by atoms with van der Waals surface area (Å²) in [6.07, 6.45) is 2.58. The second-order valence-corrected chi connectivity index (χ2v) is 6.82. The lowest BCUT2D eigenvalue weighted by Crippen LogP contribution is -1.97. The number of pyridine rings is 1. The average molecular weight is 395 g/mol. The van der Waals surface area contributed by atoms with Crippen LogP contribution >= 0.6 is 0 Å². The van der Waals surface area contributed by atoms with Crippen molar-refractivity contribution < 1.29 is 19.0 Å². The Kier molecular flexibility index (Phi) is 4.66. The average Bonchev–Trinajstić information content (AvgIpc) is 3.03. The maximum Gasteiger partial charge on any atom is 0.202 e. The van der Waals surface area contributed by atoms with Crippen molar-refractivity contribution in [2.45, 2.75) is 19.9 Å². The molecule has 2 aromatic carbocycles. The van der Waals surface area contributed by atoms with Crippen LogP contribution in [0.25, 0.3) is 32.9 Å². The van der Waals surface area contributed by atoms with Gasteiger partial charge in [0.15, 0.2) is 0 Å². The molecular formula is C22H22FN3O3. The summed E-state index contributed by atoms with van der Waals surface area (Å²) in [6.45, 7) is 2.65. The molecule has 7 heteroatoms. The fourth-order valence-electron chi connectivity index (χ4n) is 3.70. The van der Waals surface area contributed by atoms with Crippen LogP contribution in [0.1, 0.15) is 13.3 Å². The highest BCUT2D eigenvalue weighted by Crippen LogP contribution is 2.42. The Labute approximate surface area is 167 Å². The maximum absolute atomic E-state index is 15.0. The third kappa shape index (κ3) is 2.90. The van der Waals surface area contributed by atoms with Gasteiger partial charge in [-0.15, -0.1) is 0 Å². The van der Waals surface area contributed by atoms with Gasteiger partial charge in [-0.2, -0.15) is 0 Å². The number of hydrogen-bond donors (Lipinski definition) is 2. The van der Waals surface area contributed by atoms with Crippen molar-refractivity contribution in [2.24, 2.45) is 0 Å². The minimum atomic E-state index is -0.440. The second-order valence-electron chi connectivity index (χ2n) is 6.82. The van der Waals surface area contributed by atoms with E-state index < -0.39 is 5.82 Å². The summed E-state index contributed by atoms with van der Waals surface area (Å²) < 4.78 is 27.4. The number of nitrogen functional groups attached to an aromatic ring is 1. The molecular weight excluding hydrogens is 373 g/mol. The van der Waals surface area contributed by atoms with E-state index in [1.54, 1.807) is 42.1 Å². The van der Waals surface area contributed by atoms with E-state index >= 15 is 4.39 Å². The number of aromatic nitrogens is 2. The number of rotatable bonds is 5. The van der Waals surface area contributed by atoms with Crippen LogP contribution in [0, 0.1) is 5.82 Å². The van der Waals surface area contributed by atoms with Crippen LogP contribution in [0.4, 0.5) is 10.1 Å². The highest BCUT2D eigenvalue weighted by atomic mass is 19.1. The van der Waals surface area contributed by atoms with Gasteiger partial charge in [-0.3, -0.25) is 0 Å². The van der Waals surface area contributed by atoms with Crippen molar-refractivity contribution in [1.29, 1.82) is 0 Å². The van der Waals surface area contributed by atoms with Crippen molar-refractivity contribution in [3.63, 3.8) is 0 Å². The number of ether oxygens (including phenoxy) is 2. The minimum Gasteiger partial charge on any atom is -0.497 e. The molecule has 2 heterocycles. The number of methoxy groups -OCH3 is 2. The first-order valence-electron chi connectivity index (χ1n) is 9.32. The van der Waals surface area contributed by atoms with E-state index in [1.165, 1.54) is 13.2 Å². The van der Waals surface area contributed by atoms with E-state index in [0.29, 0.717) is 56.7 Å². The molecule has 4 rings (SSSR count). The van der Waals surface area contributed by atoms with Crippen molar-refractivity contribution in [3.8, 4) is 28.5 Å². The number of benzene rings is 2. The quantitative estimate of drug-likeness (QED) is 0.511. The summed E-state index contributed by atoms with van der Waals surface area (Å²) >= 11 is 0. The predicted octanol–water partition coefficient (Wildman–Crippen LogP) is 4.71. The zero-order chi connectivity index (χ0) is 20.7. The molecule has 3 N–H and O–H groups in total. The van der Waals surface area contributed by atoms with Crippen LogP contribution in [-0.2, 0) is 6.54 Å². The van der Waals surface area contributed by atoms with Crippen molar-refractivity contribution in [1.82, 2.24) is 9.55 Å². The van der Waals surface area contributed by atoms with Gasteiger partial charge in [0.05, 0.1) is 36.3 Å². The van der Waals surface area contributed by atoms with Crippen molar-refractivity contribution >= 4 is 27.5 Å². The molecule has 0 bridgehead atoms. The Bertz CT molecular complexity index is 1230. The highest BCUT2D eigenvalue weighted by Gasteiger charge is 2.21. The Balaban J connectivity index is 2.08. The SMILES string of the molecule is CCCn1cc2nc3c(-c4ccc(OC)cc4OC)c(F)ccc3c(N)c2c1O. The lowest BCUT2D eigenvalue weighted by atomic mass is 9.98. The molecule has 2 aromatic heterocycles. The standard InChI is InChI=1S/C22H22FN3O3/c1-4-9-26-11-16-19(22(26)27)20(24)14-7-8-15(23)18(21(14)25-16)13-6-5-12(28-2)10-17(13)29-3/h5-8,10-11,27H,4,9,24H2,1-3H3. The van der Waals surface area contributed by atoms with Gasteiger partial charge in [0, 0.05) is 35.3 Å².